The van der Waals surface area contributed by atoms with Crippen molar-refractivity contribution < 1.29 is 15.0 Å². The summed E-state index contributed by atoms with van der Waals surface area (Å²) >= 11 is 0. The fourth-order valence-electron chi connectivity index (χ4n) is 2.64. The monoisotopic (exact) mass is 275 g/mol. The maximum Gasteiger partial charge on any atom is 0.321 e. The molecular formula is C16H21NO3. The normalized spacial score (nSPS) is 24.6. The lowest BCUT2D eigenvalue weighted by atomic mass is 9.98. The number of aliphatic hydroxyl groups excluding tert-OH is 1. The molecule has 1 aliphatic rings. The minimum Gasteiger partial charge on any atom is -0.480 e. The third kappa shape index (κ3) is 3.92. The van der Waals surface area contributed by atoms with Gasteiger partial charge in [0.25, 0.3) is 0 Å². The largest absolute Gasteiger partial charge is 0.480 e. The second kappa shape index (κ2) is 6.68. The lowest BCUT2D eigenvalue weighted by Crippen LogP contribution is -2.49. The van der Waals surface area contributed by atoms with E-state index in [2.05, 4.69) is 6.08 Å². The van der Waals surface area contributed by atoms with E-state index in [1.165, 1.54) is 0 Å². The number of piperidine rings is 1. The number of rotatable bonds is 4. The summed E-state index contributed by atoms with van der Waals surface area (Å²) in [6, 6.07) is 9.40. The lowest BCUT2D eigenvalue weighted by Gasteiger charge is -2.35. The number of nitrogens with zero attached hydrogens (tertiary/aromatic N) is 1. The van der Waals surface area contributed by atoms with Gasteiger partial charge in [-0.15, -0.1) is 0 Å². The Morgan fingerprint density at radius 2 is 2.10 bits per heavy atom. The first kappa shape index (κ1) is 14.8. The highest BCUT2D eigenvalue weighted by Crippen LogP contribution is 2.19. The molecule has 2 rings (SSSR count). The van der Waals surface area contributed by atoms with Gasteiger partial charge in [-0.05, 0) is 25.3 Å². The molecule has 4 heteroatoms. The van der Waals surface area contributed by atoms with Crippen molar-refractivity contribution in [2.24, 2.45) is 0 Å². The SMILES string of the molecule is C/C(=C\c1ccccc1)CN1CC[C@H](O)C[C@@H]1C(=O)O. The van der Waals surface area contributed by atoms with Gasteiger partial charge in [0.15, 0.2) is 0 Å². The van der Waals surface area contributed by atoms with Crippen LogP contribution in [0.5, 0.6) is 0 Å². The van der Waals surface area contributed by atoms with Crippen LogP contribution in [0.1, 0.15) is 25.3 Å². The number of hydrogen-bond acceptors (Lipinski definition) is 3. The number of carboxylic acid groups (broad SMARTS) is 1. The summed E-state index contributed by atoms with van der Waals surface area (Å²) in [5.74, 6) is -0.851. The van der Waals surface area contributed by atoms with Crippen LogP contribution >= 0.6 is 0 Å². The topological polar surface area (TPSA) is 60.8 Å². The number of carbonyl (C=O) groups is 1. The zero-order chi connectivity index (χ0) is 14.5. The molecule has 0 amide bonds. The average Bonchev–Trinajstić information content (AvgIpc) is 2.41. The molecule has 0 spiro atoms. The Kier molecular flexibility index (Phi) is 4.93. The van der Waals surface area contributed by atoms with Crippen LogP contribution in [0.4, 0.5) is 0 Å². The Morgan fingerprint density at radius 1 is 1.40 bits per heavy atom. The van der Waals surface area contributed by atoms with E-state index in [-0.39, 0.29) is 0 Å². The predicted octanol–water partition coefficient (Wildman–Crippen LogP) is 2.00. The smallest absolute Gasteiger partial charge is 0.321 e. The van der Waals surface area contributed by atoms with Crippen LogP contribution in [-0.4, -0.2) is 46.3 Å². The van der Waals surface area contributed by atoms with Crippen molar-refractivity contribution >= 4 is 12.0 Å². The van der Waals surface area contributed by atoms with Crippen LogP contribution in [0.15, 0.2) is 35.9 Å². The van der Waals surface area contributed by atoms with E-state index in [0.717, 1.165) is 11.1 Å². The van der Waals surface area contributed by atoms with E-state index < -0.39 is 18.1 Å². The van der Waals surface area contributed by atoms with E-state index in [1.54, 1.807) is 0 Å². The number of aliphatic hydroxyl groups is 1. The zero-order valence-electron chi connectivity index (χ0n) is 11.7. The van der Waals surface area contributed by atoms with E-state index >= 15 is 0 Å². The molecule has 0 bridgehead atoms. The van der Waals surface area contributed by atoms with Gasteiger partial charge in [-0.25, -0.2) is 0 Å². The molecule has 2 N–H and O–H groups in total. The Balaban J connectivity index is 2.04. The zero-order valence-corrected chi connectivity index (χ0v) is 11.7. The van der Waals surface area contributed by atoms with Crippen molar-refractivity contribution in [1.29, 1.82) is 0 Å². The van der Waals surface area contributed by atoms with Crippen LogP contribution in [0.2, 0.25) is 0 Å². The van der Waals surface area contributed by atoms with Gasteiger partial charge >= 0.3 is 5.97 Å². The summed E-state index contributed by atoms with van der Waals surface area (Å²) in [6.45, 7) is 3.26. The molecule has 20 heavy (non-hydrogen) atoms. The third-order valence-electron chi connectivity index (χ3n) is 3.64. The molecule has 0 unspecified atom stereocenters. The van der Waals surface area contributed by atoms with Crippen molar-refractivity contribution in [2.75, 3.05) is 13.1 Å². The minimum atomic E-state index is -0.851. The molecule has 0 aliphatic carbocycles. The third-order valence-corrected chi connectivity index (χ3v) is 3.64. The van der Waals surface area contributed by atoms with Gasteiger partial charge in [-0.2, -0.15) is 0 Å². The lowest BCUT2D eigenvalue weighted by molar-refractivity contribution is -0.146. The van der Waals surface area contributed by atoms with Crippen molar-refractivity contribution in [3.63, 3.8) is 0 Å². The van der Waals surface area contributed by atoms with Crippen molar-refractivity contribution in [1.82, 2.24) is 4.90 Å². The van der Waals surface area contributed by atoms with E-state index in [0.29, 0.717) is 25.9 Å². The molecule has 108 valence electrons. The van der Waals surface area contributed by atoms with Gasteiger partial charge in [0, 0.05) is 13.1 Å². The van der Waals surface area contributed by atoms with Crippen LogP contribution in [0.25, 0.3) is 6.08 Å². The maximum absolute atomic E-state index is 11.3. The maximum atomic E-state index is 11.3. The number of hydrogen-bond donors (Lipinski definition) is 2. The highest BCUT2D eigenvalue weighted by atomic mass is 16.4. The number of benzene rings is 1. The number of carboxylic acids is 1. The molecule has 0 radical (unpaired) electrons. The molecule has 1 aliphatic heterocycles. The number of likely N-dealkylation sites (tertiary alicyclic amines) is 1. The summed E-state index contributed by atoms with van der Waals surface area (Å²) in [5.41, 5.74) is 2.24. The van der Waals surface area contributed by atoms with Gasteiger partial charge in [0.1, 0.15) is 6.04 Å². The quantitative estimate of drug-likeness (QED) is 0.882. The fraction of sp³-hybridized carbons (Fsp3) is 0.438. The Labute approximate surface area is 119 Å². The Bertz CT molecular complexity index is 484. The van der Waals surface area contributed by atoms with Crippen molar-refractivity contribution in [3.8, 4) is 0 Å². The fourth-order valence-corrected chi connectivity index (χ4v) is 2.64. The molecule has 1 fully saturated rings. The average molecular weight is 275 g/mol. The van der Waals surface area contributed by atoms with E-state index in [9.17, 15) is 15.0 Å². The second-order valence-electron chi connectivity index (χ2n) is 5.40. The minimum absolute atomic E-state index is 0.313. The van der Waals surface area contributed by atoms with E-state index in [4.69, 9.17) is 0 Å². The number of aliphatic carboxylic acids is 1. The molecule has 1 aromatic rings. The van der Waals surface area contributed by atoms with Crippen molar-refractivity contribution in [2.45, 2.75) is 31.9 Å². The molecule has 1 heterocycles. The van der Waals surface area contributed by atoms with Crippen LogP contribution in [0.3, 0.4) is 0 Å². The summed E-state index contributed by atoms with van der Waals surface area (Å²) in [7, 11) is 0. The van der Waals surface area contributed by atoms with Crippen LogP contribution < -0.4 is 0 Å². The molecule has 0 aromatic heterocycles. The molecule has 1 saturated heterocycles. The van der Waals surface area contributed by atoms with Crippen LogP contribution in [-0.2, 0) is 4.79 Å². The first-order valence-corrected chi connectivity index (χ1v) is 6.93. The highest BCUT2D eigenvalue weighted by Gasteiger charge is 2.32. The summed E-state index contributed by atoms with van der Waals surface area (Å²) < 4.78 is 0. The summed E-state index contributed by atoms with van der Waals surface area (Å²) in [6.07, 6.45) is 2.53. The Hall–Kier alpha value is -1.65. The summed E-state index contributed by atoms with van der Waals surface area (Å²) in [4.78, 5) is 13.2. The van der Waals surface area contributed by atoms with Gasteiger partial charge < -0.3 is 10.2 Å². The first-order chi connectivity index (χ1) is 9.56. The van der Waals surface area contributed by atoms with Gasteiger partial charge in [0.2, 0.25) is 0 Å². The summed E-state index contributed by atoms with van der Waals surface area (Å²) in [5, 5.41) is 18.9. The predicted molar refractivity (Wildman–Crippen MR) is 78.3 cm³/mol. The second-order valence-corrected chi connectivity index (χ2v) is 5.40. The standard InChI is InChI=1S/C16H21NO3/c1-12(9-13-5-3-2-4-6-13)11-17-8-7-14(18)10-15(17)16(19)20/h2-6,9,14-15,18H,7-8,10-11H2,1H3,(H,19,20)/b12-9+/t14-,15+/m0/s1. The Morgan fingerprint density at radius 3 is 2.75 bits per heavy atom. The highest BCUT2D eigenvalue weighted by molar-refractivity contribution is 5.73. The van der Waals surface area contributed by atoms with Gasteiger partial charge in [-0.1, -0.05) is 42.0 Å². The molecule has 4 nitrogen and oxygen atoms in total. The van der Waals surface area contributed by atoms with E-state index in [1.807, 2.05) is 42.2 Å². The van der Waals surface area contributed by atoms with Crippen LogP contribution in [0, 0.1) is 0 Å². The van der Waals surface area contributed by atoms with Gasteiger partial charge in [0.05, 0.1) is 6.10 Å². The molecule has 1 aromatic carbocycles. The van der Waals surface area contributed by atoms with Gasteiger partial charge in [-0.3, -0.25) is 9.69 Å². The molecular weight excluding hydrogens is 254 g/mol. The molecule has 2 atom stereocenters. The van der Waals surface area contributed by atoms with Crippen molar-refractivity contribution in [3.05, 3.63) is 41.5 Å². The molecule has 0 saturated carbocycles. The first-order valence-electron chi connectivity index (χ1n) is 6.93.